The molecular formula is C23H33NO. The predicted molar refractivity (Wildman–Crippen MR) is 111 cm³/mol. The van der Waals surface area contributed by atoms with Gasteiger partial charge in [-0.25, -0.2) is 4.98 Å². The number of rotatable bonds is 7. The highest BCUT2D eigenvalue weighted by Crippen LogP contribution is 2.22. The summed E-state index contributed by atoms with van der Waals surface area (Å²) in [6, 6.07) is 5.52. The summed E-state index contributed by atoms with van der Waals surface area (Å²) in [7, 11) is 0. The van der Waals surface area contributed by atoms with E-state index in [9.17, 15) is 4.79 Å². The third kappa shape index (κ3) is 7.93. The third-order valence-corrected chi connectivity index (χ3v) is 3.73. The molecule has 0 saturated carbocycles. The fraction of sp³-hybridized carbons (Fsp3) is 0.391. The minimum Gasteiger partial charge on any atom is -0.296 e. The van der Waals surface area contributed by atoms with Crippen molar-refractivity contribution in [3.63, 3.8) is 0 Å². The Morgan fingerprint density at radius 1 is 1.12 bits per heavy atom. The Hall–Kier alpha value is -2.22. The maximum atomic E-state index is 11.0. The highest BCUT2D eigenvalue weighted by molar-refractivity contribution is 5.77. The molecule has 0 saturated heterocycles. The second kappa shape index (κ2) is 13.1. The first-order chi connectivity index (χ1) is 12.0. The van der Waals surface area contributed by atoms with Gasteiger partial charge in [0.25, 0.3) is 0 Å². The molecular weight excluding hydrogens is 306 g/mol. The van der Waals surface area contributed by atoms with Crippen molar-refractivity contribution in [2.75, 3.05) is 0 Å². The Balaban J connectivity index is 0.00000277. The van der Waals surface area contributed by atoms with Crippen LogP contribution >= 0.6 is 0 Å². The quantitative estimate of drug-likeness (QED) is 0.397. The maximum Gasteiger partial charge on any atom is 0.168 e. The molecule has 0 aliphatic carbocycles. The second-order valence-corrected chi connectivity index (χ2v) is 5.55. The van der Waals surface area contributed by atoms with Crippen LogP contribution in [-0.2, 0) is 0 Å². The molecule has 1 aromatic heterocycles. The van der Waals surface area contributed by atoms with Gasteiger partial charge in [0.2, 0.25) is 0 Å². The van der Waals surface area contributed by atoms with E-state index in [-0.39, 0.29) is 0 Å². The van der Waals surface area contributed by atoms with E-state index in [1.807, 2.05) is 39.0 Å². The number of allylic oxidation sites excluding steroid dienone is 8. The molecule has 0 spiro atoms. The molecule has 0 aliphatic rings. The van der Waals surface area contributed by atoms with Gasteiger partial charge in [0.1, 0.15) is 5.69 Å². The summed E-state index contributed by atoms with van der Waals surface area (Å²) in [6.45, 7) is 14.6. The van der Waals surface area contributed by atoms with Crippen molar-refractivity contribution in [1.29, 1.82) is 0 Å². The molecule has 0 bridgehead atoms. The smallest absolute Gasteiger partial charge is 0.168 e. The van der Waals surface area contributed by atoms with E-state index in [1.165, 1.54) is 16.7 Å². The highest BCUT2D eigenvalue weighted by atomic mass is 16.1. The van der Waals surface area contributed by atoms with Crippen LogP contribution in [0.1, 0.15) is 77.5 Å². The molecule has 0 radical (unpaired) electrons. The molecule has 1 heterocycles. The Bertz CT molecular complexity index is 660. The average Bonchev–Trinajstić information content (AvgIpc) is 2.66. The van der Waals surface area contributed by atoms with Crippen LogP contribution < -0.4 is 0 Å². The summed E-state index contributed by atoms with van der Waals surface area (Å²) in [6.07, 6.45) is 11.5. The Morgan fingerprint density at radius 3 is 2.32 bits per heavy atom. The van der Waals surface area contributed by atoms with Crippen molar-refractivity contribution in [2.45, 2.75) is 61.3 Å². The number of nitrogens with zero attached hydrogens (tertiary/aromatic N) is 1. The number of hydrogen-bond acceptors (Lipinski definition) is 2. The number of aldehydes is 1. The number of hydrogen-bond donors (Lipinski definition) is 0. The molecule has 2 heteroatoms. The maximum absolute atomic E-state index is 11.0. The van der Waals surface area contributed by atoms with Crippen molar-refractivity contribution < 1.29 is 4.79 Å². The first kappa shape index (κ1) is 22.8. The van der Waals surface area contributed by atoms with Crippen LogP contribution in [-0.4, -0.2) is 11.3 Å². The number of pyridine rings is 1. The minimum absolute atomic E-state index is 0.456. The highest BCUT2D eigenvalue weighted by Gasteiger charge is 2.04. The summed E-state index contributed by atoms with van der Waals surface area (Å²) in [5.41, 5.74) is 6.08. The van der Waals surface area contributed by atoms with Crippen molar-refractivity contribution in [3.8, 4) is 0 Å². The van der Waals surface area contributed by atoms with Gasteiger partial charge in [-0.1, -0.05) is 57.6 Å². The summed E-state index contributed by atoms with van der Waals surface area (Å²) in [5, 5.41) is 0. The lowest BCUT2D eigenvalue weighted by Gasteiger charge is -2.08. The van der Waals surface area contributed by atoms with Crippen LogP contribution in [0.25, 0.3) is 5.57 Å². The normalized spacial score (nSPS) is 13.2. The van der Waals surface area contributed by atoms with E-state index in [2.05, 4.69) is 50.9 Å². The molecule has 1 rings (SSSR count). The van der Waals surface area contributed by atoms with Gasteiger partial charge >= 0.3 is 0 Å². The van der Waals surface area contributed by atoms with Crippen molar-refractivity contribution >= 4 is 11.9 Å². The van der Waals surface area contributed by atoms with Crippen LogP contribution in [0.4, 0.5) is 0 Å². The molecule has 1 aromatic rings. The lowest BCUT2D eigenvalue weighted by molar-refractivity contribution is 0.111. The molecule has 136 valence electrons. The SMILES string of the molecule is CC.C\C=C(/C=C(/C=C(/C)CC)C(\C)=C\CC)c1cccc(C=O)n1. The molecule has 0 aliphatic heterocycles. The summed E-state index contributed by atoms with van der Waals surface area (Å²) >= 11 is 0. The van der Waals surface area contributed by atoms with Crippen LogP contribution in [0.15, 0.2) is 59.2 Å². The van der Waals surface area contributed by atoms with Gasteiger partial charge in [0.05, 0.1) is 5.69 Å². The molecule has 25 heavy (non-hydrogen) atoms. The van der Waals surface area contributed by atoms with E-state index < -0.39 is 0 Å². The van der Waals surface area contributed by atoms with Crippen LogP contribution in [0.3, 0.4) is 0 Å². The van der Waals surface area contributed by atoms with Gasteiger partial charge in [-0.3, -0.25) is 4.79 Å². The predicted octanol–water partition coefficient (Wildman–Crippen LogP) is 6.96. The molecule has 0 atom stereocenters. The first-order valence-electron chi connectivity index (χ1n) is 9.20. The van der Waals surface area contributed by atoms with E-state index in [4.69, 9.17) is 0 Å². The largest absolute Gasteiger partial charge is 0.296 e. The Kier molecular flexibility index (Phi) is 11.9. The van der Waals surface area contributed by atoms with Gasteiger partial charge in [-0.05, 0) is 68.5 Å². The van der Waals surface area contributed by atoms with Crippen LogP contribution in [0.5, 0.6) is 0 Å². The lowest BCUT2D eigenvalue weighted by Crippen LogP contribution is -1.94. The van der Waals surface area contributed by atoms with Gasteiger partial charge in [-0.15, -0.1) is 0 Å². The average molecular weight is 340 g/mol. The monoisotopic (exact) mass is 339 g/mol. The fourth-order valence-corrected chi connectivity index (χ4v) is 2.21. The minimum atomic E-state index is 0.456. The van der Waals surface area contributed by atoms with Gasteiger partial charge < -0.3 is 0 Å². The van der Waals surface area contributed by atoms with Crippen molar-refractivity contribution in [2.24, 2.45) is 0 Å². The Labute approximate surface area is 154 Å². The number of carbonyl (C=O) groups excluding carboxylic acids is 1. The molecule has 2 nitrogen and oxygen atoms in total. The second-order valence-electron chi connectivity index (χ2n) is 5.55. The van der Waals surface area contributed by atoms with E-state index in [0.717, 1.165) is 30.4 Å². The zero-order valence-corrected chi connectivity index (χ0v) is 16.9. The summed E-state index contributed by atoms with van der Waals surface area (Å²) < 4.78 is 0. The van der Waals surface area contributed by atoms with Crippen LogP contribution in [0.2, 0.25) is 0 Å². The summed E-state index contributed by atoms with van der Waals surface area (Å²) in [4.78, 5) is 15.4. The van der Waals surface area contributed by atoms with Crippen LogP contribution in [0, 0.1) is 0 Å². The van der Waals surface area contributed by atoms with Gasteiger partial charge in [0, 0.05) is 0 Å². The molecule has 0 unspecified atom stereocenters. The van der Waals surface area contributed by atoms with Gasteiger partial charge in [0.15, 0.2) is 6.29 Å². The zero-order chi connectivity index (χ0) is 19.2. The zero-order valence-electron chi connectivity index (χ0n) is 16.9. The molecule has 0 fully saturated rings. The van der Waals surface area contributed by atoms with E-state index in [0.29, 0.717) is 5.69 Å². The van der Waals surface area contributed by atoms with Gasteiger partial charge in [-0.2, -0.15) is 0 Å². The van der Waals surface area contributed by atoms with Crippen molar-refractivity contribution in [3.05, 3.63) is 70.6 Å². The number of carbonyl (C=O) groups is 1. The van der Waals surface area contributed by atoms with E-state index in [1.54, 1.807) is 6.07 Å². The number of aromatic nitrogens is 1. The van der Waals surface area contributed by atoms with E-state index >= 15 is 0 Å². The Morgan fingerprint density at radius 2 is 1.80 bits per heavy atom. The fourth-order valence-electron chi connectivity index (χ4n) is 2.21. The molecule has 0 amide bonds. The topological polar surface area (TPSA) is 30.0 Å². The summed E-state index contributed by atoms with van der Waals surface area (Å²) in [5.74, 6) is 0. The first-order valence-corrected chi connectivity index (χ1v) is 9.20. The molecule has 0 aromatic carbocycles. The third-order valence-electron chi connectivity index (χ3n) is 3.73. The lowest BCUT2D eigenvalue weighted by atomic mass is 9.98. The standard InChI is InChI=1S/C21H27NO.C2H6/c1-6-10-17(5)19(13-16(4)7-2)14-18(8-3)21-12-9-11-20(15-23)22-21;1-2/h8-15H,6-7H2,1-5H3;1-2H3/b16-13-,17-10+,18-8+,19-14-;. The molecule has 0 N–H and O–H groups in total. The van der Waals surface area contributed by atoms with Crippen molar-refractivity contribution in [1.82, 2.24) is 4.98 Å².